The highest BCUT2D eigenvalue weighted by molar-refractivity contribution is 4.70. The van der Waals surface area contributed by atoms with Crippen molar-refractivity contribution < 1.29 is 10.2 Å². The van der Waals surface area contributed by atoms with Crippen LogP contribution >= 0.6 is 0 Å². The van der Waals surface area contributed by atoms with Crippen molar-refractivity contribution in [1.82, 2.24) is 0 Å². The number of rotatable bonds is 15. The average molecular weight is 302 g/mol. The predicted molar refractivity (Wildman–Crippen MR) is 91.4 cm³/mol. The van der Waals surface area contributed by atoms with Crippen molar-refractivity contribution in [3.63, 3.8) is 0 Å². The van der Waals surface area contributed by atoms with Gasteiger partial charge in [0, 0.05) is 12.5 Å². The van der Waals surface area contributed by atoms with Gasteiger partial charge >= 0.3 is 0 Å². The molecular formula is C18H39NO2. The van der Waals surface area contributed by atoms with Gasteiger partial charge in [0.15, 0.2) is 0 Å². The van der Waals surface area contributed by atoms with E-state index in [0.29, 0.717) is 6.42 Å². The first-order chi connectivity index (χ1) is 10.1. The second kappa shape index (κ2) is 14.8. The third-order valence-corrected chi connectivity index (χ3v) is 4.26. The van der Waals surface area contributed by atoms with Crippen LogP contribution in [0.1, 0.15) is 97.3 Å². The fraction of sp³-hybridized carbons (Fsp3) is 1.00. The van der Waals surface area contributed by atoms with Gasteiger partial charge in [-0.2, -0.15) is 0 Å². The summed E-state index contributed by atoms with van der Waals surface area (Å²) in [5, 5.41) is 19.4. The second-order valence-corrected chi connectivity index (χ2v) is 6.64. The molecule has 0 unspecified atom stereocenters. The summed E-state index contributed by atoms with van der Waals surface area (Å²) in [6.07, 6.45) is 14.7. The normalized spacial score (nSPS) is 15.9. The van der Waals surface area contributed by atoms with Crippen LogP contribution in [-0.4, -0.2) is 28.5 Å². The van der Waals surface area contributed by atoms with Crippen LogP contribution in [0, 0.1) is 0 Å². The number of hydrogen-bond donors (Lipinski definition) is 3. The largest absolute Gasteiger partial charge is 0.393 e. The van der Waals surface area contributed by atoms with E-state index in [4.69, 9.17) is 5.73 Å². The van der Waals surface area contributed by atoms with E-state index >= 15 is 0 Å². The van der Waals surface area contributed by atoms with Gasteiger partial charge in [0.1, 0.15) is 0 Å². The van der Waals surface area contributed by atoms with Crippen LogP contribution in [0.15, 0.2) is 0 Å². The Labute approximate surface area is 132 Å². The molecule has 0 bridgehead atoms. The van der Waals surface area contributed by atoms with E-state index in [9.17, 15) is 10.2 Å². The third-order valence-electron chi connectivity index (χ3n) is 4.26. The highest BCUT2D eigenvalue weighted by Crippen LogP contribution is 2.14. The van der Waals surface area contributed by atoms with Crippen molar-refractivity contribution in [1.29, 1.82) is 0 Å². The molecule has 0 aromatic rings. The van der Waals surface area contributed by atoms with Gasteiger partial charge < -0.3 is 15.9 Å². The van der Waals surface area contributed by atoms with Crippen molar-refractivity contribution in [3.05, 3.63) is 0 Å². The Kier molecular flexibility index (Phi) is 14.7. The lowest BCUT2D eigenvalue weighted by Gasteiger charge is -2.18. The van der Waals surface area contributed by atoms with Gasteiger partial charge in [-0.1, -0.05) is 77.6 Å². The molecule has 0 aromatic heterocycles. The highest BCUT2D eigenvalue weighted by Gasteiger charge is 2.14. The lowest BCUT2D eigenvalue weighted by molar-refractivity contribution is 0.0629. The smallest absolute Gasteiger partial charge is 0.0712 e. The summed E-state index contributed by atoms with van der Waals surface area (Å²) in [6, 6.07) is -0.253. The molecule has 0 spiro atoms. The lowest BCUT2D eigenvalue weighted by atomic mass is 10.0. The maximum absolute atomic E-state index is 9.80. The molecule has 0 aromatic carbocycles. The van der Waals surface area contributed by atoms with Crippen LogP contribution < -0.4 is 5.73 Å². The molecule has 0 aliphatic carbocycles. The van der Waals surface area contributed by atoms with Gasteiger partial charge in [-0.15, -0.1) is 0 Å². The number of aliphatic hydroxyl groups is 2. The van der Waals surface area contributed by atoms with Crippen molar-refractivity contribution in [2.24, 2.45) is 5.73 Å². The molecule has 3 nitrogen and oxygen atoms in total. The number of unbranched alkanes of at least 4 members (excludes halogenated alkanes) is 10. The molecule has 0 saturated carbocycles. The Bertz CT molecular complexity index is 209. The molecule has 3 atom stereocenters. The summed E-state index contributed by atoms with van der Waals surface area (Å²) in [7, 11) is 0. The Balaban J connectivity index is 3.21. The van der Waals surface area contributed by atoms with Crippen molar-refractivity contribution in [3.8, 4) is 0 Å². The van der Waals surface area contributed by atoms with Gasteiger partial charge in [-0.3, -0.25) is 0 Å². The van der Waals surface area contributed by atoms with Crippen LogP contribution in [0.3, 0.4) is 0 Å². The molecule has 0 amide bonds. The maximum atomic E-state index is 9.80. The molecule has 0 aliphatic rings. The summed E-state index contributed by atoms with van der Waals surface area (Å²) < 4.78 is 0. The Morgan fingerprint density at radius 3 is 1.62 bits per heavy atom. The van der Waals surface area contributed by atoms with Crippen molar-refractivity contribution in [2.45, 2.75) is 116 Å². The summed E-state index contributed by atoms with van der Waals surface area (Å²) in [6.45, 7) is 4.04. The zero-order valence-electron chi connectivity index (χ0n) is 14.4. The highest BCUT2D eigenvalue weighted by atomic mass is 16.3. The molecule has 128 valence electrons. The van der Waals surface area contributed by atoms with Gasteiger partial charge in [0.2, 0.25) is 0 Å². The van der Waals surface area contributed by atoms with Crippen LogP contribution in [0.4, 0.5) is 0 Å². The third kappa shape index (κ3) is 14.6. The topological polar surface area (TPSA) is 66.5 Å². The van der Waals surface area contributed by atoms with E-state index in [1.807, 2.05) is 0 Å². The van der Waals surface area contributed by atoms with Crippen LogP contribution in [-0.2, 0) is 0 Å². The first kappa shape index (κ1) is 20.9. The summed E-state index contributed by atoms with van der Waals surface area (Å²) >= 11 is 0. The molecule has 0 rings (SSSR count). The second-order valence-electron chi connectivity index (χ2n) is 6.64. The molecule has 0 saturated heterocycles. The maximum Gasteiger partial charge on any atom is 0.0712 e. The van der Waals surface area contributed by atoms with E-state index in [1.54, 1.807) is 6.92 Å². The molecule has 0 radical (unpaired) electrons. The molecule has 0 heterocycles. The van der Waals surface area contributed by atoms with Crippen molar-refractivity contribution >= 4 is 0 Å². The standard InChI is InChI=1S/C18H39NO2/c1-3-4-5-6-7-8-9-10-11-12-13-14-17(20)15-18(21)16(2)19/h16-18,20-21H,3-15,19H2,1-2H3/t16-,17+,18-/m0/s1. The minimum Gasteiger partial charge on any atom is -0.393 e. The lowest BCUT2D eigenvalue weighted by Crippen LogP contribution is -2.34. The molecule has 0 aliphatic heterocycles. The van der Waals surface area contributed by atoms with E-state index < -0.39 is 12.2 Å². The average Bonchev–Trinajstić information content (AvgIpc) is 2.44. The number of aliphatic hydroxyl groups excluding tert-OH is 2. The predicted octanol–water partition coefficient (Wildman–Crippen LogP) is 4.15. The van der Waals surface area contributed by atoms with Gasteiger partial charge in [-0.25, -0.2) is 0 Å². The summed E-state index contributed by atoms with van der Waals surface area (Å²) in [5.74, 6) is 0. The first-order valence-corrected chi connectivity index (χ1v) is 9.19. The van der Waals surface area contributed by atoms with E-state index in [0.717, 1.165) is 12.8 Å². The SMILES string of the molecule is CCCCCCCCCCCCC[C@@H](O)C[C@H](O)[C@H](C)N. The van der Waals surface area contributed by atoms with Crippen molar-refractivity contribution in [2.75, 3.05) is 0 Å². The molecule has 4 N–H and O–H groups in total. The Morgan fingerprint density at radius 2 is 1.19 bits per heavy atom. The first-order valence-electron chi connectivity index (χ1n) is 9.19. The van der Waals surface area contributed by atoms with Gasteiger partial charge in [0.25, 0.3) is 0 Å². The quantitative estimate of drug-likeness (QED) is 0.398. The zero-order valence-corrected chi connectivity index (χ0v) is 14.4. The van der Waals surface area contributed by atoms with Crippen LogP contribution in [0.5, 0.6) is 0 Å². The molecule has 21 heavy (non-hydrogen) atoms. The number of nitrogens with two attached hydrogens (primary N) is 1. The number of hydrogen-bond acceptors (Lipinski definition) is 3. The van der Waals surface area contributed by atoms with Gasteiger partial charge in [0.05, 0.1) is 12.2 Å². The minimum atomic E-state index is -0.576. The Morgan fingerprint density at radius 1 is 0.762 bits per heavy atom. The minimum absolute atomic E-state index is 0.253. The zero-order chi connectivity index (χ0) is 15.9. The van der Waals surface area contributed by atoms with E-state index in [1.165, 1.54) is 64.2 Å². The summed E-state index contributed by atoms with van der Waals surface area (Å²) in [5.41, 5.74) is 5.58. The molecule has 0 fully saturated rings. The monoisotopic (exact) mass is 301 g/mol. The fourth-order valence-corrected chi connectivity index (χ4v) is 2.66. The van der Waals surface area contributed by atoms with E-state index in [-0.39, 0.29) is 6.04 Å². The molecule has 3 heteroatoms. The fourth-order valence-electron chi connectivity index (χ4n) is 2.66. The van der Waals surface area contributed by atoms with Crippen LogP contribution in [0.25, 0.3) is 0 Å². The van der Waals surface area contributed by atoms with E-state index in [2.05, 4.69) is 6.92 Å². The van der Waals surface area contributed by atoms with Gasteiger partial charge in [-0.05, 0) is 13.3 Å². The summed E-state index contributed by atoms with van der Waals surface area (Å²) in [4.78, 5) is 0. The Hall–Kier alpha value is -0.120. The molecular weight excluding hydrogens is 262 g/mol. The van der Waals surface area contributed by atoms with Crippen LogP contribution in [0.2, 0.25) is 0 Å².